The van der Waals surface area contributed by atoms with Gasteiger partial charge in [0.25, 0.3) is 0 Å². The number of amides is 2. The number of esters is 1. The summed E-state index contributed by atoms with van der Waals surface area (Å²) in [5.41, 5.74) is 0.580. The van der Waals surface area contributed by atoms with Gasteiger partial charge in [-0.2, -0.15) is 0 Å². The molecule has 2 rings (SSSR count). The Balaban J connectivity index is 2.13. The van der Waals surface area contributed by atoms with Gasteiger partial charge in [0, 0.05) is 13.3 Å². The van der Waals surface area contributed by atoms with Crippen molar-refractivity contribution in [1.82, 2.24) is 10.6 Å². The Labute approximate surface area is 158 Å². The Morgan fingerprint density at radius 1 is 1.19 bits per heavy atom. The average Bonchev–Trinajstić information content (AvgIpc) is 2.65. The second-order valence-electron chi connectivity index (χ2n) is 6.99. The van der Waals surface area contributed by atoms with Crippen molar-refractivity contribution in [2.75, 3.05) is 7.11 Å². The number of methoxy groups -OCH3 is 1. The topological polar surface area (TPSA) is 84.5 Å². The maximum atomic E-state index is 13.4. The predicted molar refractivity (Wildman–Crippen MR) is 98.2 cm³/mol. The summed E-state index contributed by atoms with van der Waals surface area (Å²) in [4.78, 5) is 36.6. The largest absolute Gasteiger partial charge is 0.467 e. The molecule has 7 heteroatoms. The van der Waals surface area contributed by atoms with Crippen LogP contribution in [0, 0.1) is 11.7 Å². The molecular weight excluding hydrogens is 351 g/mol. The van der Waals surface area contributed by atoms with E-state index in [1.54, 1.807) is 12.1 Å². The van der Waals surface area contributed by atoms with Crippen molar-refractivity contribution >= 4 is 17.8 Å². The van der Waals surface area contributed by atoms with Gasteiger partial charge in [0.1, 0.15) is 17.9 Å². The first kappa shape index (κ1) is 20.9. The Morgan fingerprint density at radius 2 is 1.89 bits per heavy atom. The van der Waals surface area contributed by atoms with E-state index in [9.17, 15) is 18.8 Å². The van der Waals surface area contributed by atoms with Crippen molar-refractivity contribution in [2.45, 2.75) is 57.5 Å². The molecule has 0 spiro atoms. The lowest BCUT2D eigenvalue weighted by molar-refractivity contribution is -0.147. The Hall–Kier alpha value is -2.44. The van der Waals surface area contributed by atoms with Crippen molar-refractivity contribution in [3.63, 3.8) is 0 Å². The summed E-state index contributed by atoms with van der Waals surface area (Å²) in [5.74, 6) is -1.73. The molecule has 0 aliphatic heterocycles. The lowest BCUT2D eigenvalue weighted by atomic mass is 9.83. The van der Waals surface area contributed by atoms with Crippen molar-refractivity contribution in [2.24, 2.45) is 5.92 Å². The van der Waals surface area contributed by atoms with E-state index in [0.29, 0.717) is 5.56 Å². The number of rotatable bonds is 7. The average molecular weight is 378 g/mol. The lowest BCUT2D eigenvalue weighted by Crippen LogP contribution is -2.54. The van der Waals surface area contributed by atoms with E-state index in [1.165, 1.54) is 26.2 Å². The summed E-state index contributed by atoms with van der Waals surface area (Å²) in [6.45, 7) is 1.31. The predicted octanol–water partition coefficient (Wildman–Crippen LogP) is 2.11. The third-order valence-corrected chi connectivity index (χ3v) is 4.90. The van der Waals surface area contributed by atoms with Gasteiger partial charge in [-0.05, 0) is 36.5 Å². The van der Waals surface area contributed by atoms with Gasteiger partial charge in [0.05, 0.1) is 7.11 Å². The zero-order chi connectivity index (χ0) is 19.8. The molecule has 1 aromatic carbocycles. The van der Waals surface area contributed by atoms with Crippen LogP contribution in [0.2, 0.25) is 0 Å². The zero-order valence-electron chi connectivity index (χ0n) is 15.8. The molecule has 1 aliphatic rings. The molecule has 2 amide bonds. The van der Waals surface area contributed by atoms with Gasteiger partial charge in [-0.25, -0.2) is 9.18 Å². The molecule has 1 fully saturated rings. The molecular formula is C20H27FN2O4. The van der Waals surface area contributed by atoms with Gasteiger partial charge >= 0.3 is 5.97 Å². The van der Waals surface area contributed by atoms with Crippen LogP contribution in [0.4, 0.5) is 4.39 Å². The van der Waals surface area contributed by atoms with Gasteiger partial charge in [-0.1, -0.05) is 31.4 Å². The maximum Gasteiger partial charge on any atom is 0.328 e. The molecule has 0 aromatic heterocycles. The van der Waals surface area contributed by atoms with E-state index in [0.717, 1.165) is 32.1 Å². The van der Waals surface area contributed by atoms with Crippen LogP contribution in [-0.4, -0.2) is 37.0 Å². The summed E-state index contributed by atoms with van der Waals surface area (Å²) in [7, 11) is 1.29. The fraction of sp³-hybridized carbons (Fsp3) is 0.550. The molecule has 0 unspecified atom stereocenters. The number of nitrogens with one attached hydrogen (secondary N) is 2. The van der Waals surface area contributed by atoms with Crippen molar-refractivity contribution in [3.8, 4) is 0 Å². The second-order valence-corrected chi connectivity index (χ2v) is 6.99. The third kappa shape index (κ3) is 6.34. The van der Waals surface area contributed by atoms with Gasteiger partial charge in [-0.15, -0.1) is 0 Å². The molecule has 0 saturated heterocycles. The van der Waals surface area contributed by atoms with Crippen LogP contribution in [0.3, 0.4) is 0 Å². The Bertz CT molecular complexity index is 674. The summed E-state index contributed by atoms with van der Waals surface area (Å²) < 4.78 is 18.3. The van der Waals surface area contributed by atoms with Crippen LogP contribution >= 0.6 is 0 Å². The van der Waals surface area contributed by atoms with E-state index >= 15 is 0 Å². The molecule has 2 atom stereocenters. The molecule has 1 aromatic rings. The lowest BCUT2D eigenvalue weighted by Gasteiger charge is -2.30. The number of hydrogen-bond acceptors (Lipinski definition) is 4. The highest BCUT2D eigenvalue weighted by molar-refractivity contribution is 5.90. The third-order valence-electron chi connectivity index (χ3n) is 4.90. The number of benzene rings is 1. The quantitative estimate of drug-likeness (QED) is 0.712. The summed E-state index contributed by atoms with van der Waals surface area (Å²) >= 11 is 0. The molecule has 27 heavy (non-hydrogen) atoms. The van der Waals surface area contributed by atoms with Crippen LogP contribution in [0.1, 0.15) is 44.6 Å². The van der Waals surface area contributed by atoms with E-state index in [-0.39, 0.29) is 18.2 Å². The van der Waals surface area contributed by atoms with Crippen molar-refractivity contribution in [3.05, 3.63) is 35.6 Å². The first-order chi connectivity index (χ1) is 12.9. The fourth-order valence-corrected chi connectivity index (χ4v) is 3.57. The molecule has 0 heterocycles. The zero-order valence-corrected chi connectivity index (χ0v) is 15.8. The van der Waals surface area contributed by atoms with Crippen molar-refractivity contribution < 1.29 is 23.5 Å². The van der Waals surface area contributed by atoms with E-state index in [2.05, 4.69) is 10.6 Å². The number of carbonyl (C=O) groups excluding carboxylic acids is 3. The SMILES string of the molecule is COC(=O)[C@H](NC(=O)[C@H](Cc1cccc(F)c1)NC(C)=O)C1CCCCC1. The Morgan fingerprint density at radius 3 is 2.48 bits per heavy atom. The van der Waals surface area contributed by atoms with Crippen LogP contribution in [0.15, 0.2) is 24.3 Å². The molecule has 2 N–H and O–H groups in total. The highest BCUT2D eigenvalue weighted by atomic mass is 19.1. The molecule has 1 aliphatic carbocycles. The Kier molecular flexibility index (Phi) is 7.76. The summed E-state index contributed by atoms with van der Waals surface area (Å²) in [6.07, 6.45) is 4.94. The van der Waals surface area contributed by atoms with Crippen LogP contribution < -0.4 is 10.6 Å². The van der Waals surface area contributed by atoms with E-state index in [1.807, 2.05) is 0 Å². The number of ether oxygens (including phenoxy) is 1. The van der Waals surface area contributed by atoms with Gasteiger partial charge in [-0.3, -0.25) is 9.59 Å². The van der Waals surface area contributed by atoms with Crippen LogP contribution in [0.25, 0.3) is 0 Å². The summed E-state index contributed by atoms with van der Waals surface area (Å²) in [5, 5.41) is 5.34. The van der Waals surface area contributed by atoms with Gasteiger partial charge in [0.15, 0.2) is 0 Å². The van der Waals surface area contributed by atoms with Gasteiger partial charge in [0.2, 0.25) is 11.8 Å². The second kappa shape index (κ2) is 10.0. The van der Waals surface area contributed by atoms with Crippen LogP contribution in [0.5, 0.6) is 0 Å². The first-order valence-electron chi connectivity index (χ1n) is 9.30. The standard InChI is InChI=1S/C20H27FN2O4/c1-13(24)22-17(12-14-7-6-10-16(21)11-14)19(25)23-18(20(26)27-2)15-8-4-3-5-9-15/h6-7,10-11,15,17-18H,3-5,8-9,12H2,1-2H3,(H,22,24)(H,23,25)/t17-,18+/m0/s1. The summed E-state index contributed by atoms with van der Waals surface area (Å²) in [6, 6.07) is 4.22. The minimum Gasteiger partial charge on any atom is -0.467 e. The number of halogens is 1. The highest BCUT2D eigenvalue weighted by Gasteiger charge is 2.33. The van der Waals surface area contributed by atoms with Crippen molar-refractivity contribution in [1.29, 1.82) is 0 Å². The molecule has 0 radical (unpaired) electrons. The first-order valence-corrected chi connectivity index (χ1v) is 9.30. The number of carbonyl (C=O) groups is 3. The molecule has 0 bridgehead atoms. The van der Waals surface area contributed by atoms with Crippen LogP contribution in [-0.2, 0) is 25.5 Å². The fourth-order valence-electron chi connectivity index (χ4n) is 3.57. The molecule has 148 valence electrons. The molecule has 1 saturated carbocycles. The van der Waals surface area contributed by atoms with E-state index in [4.69, 9.17) is 4.74 Å². The number of hydrogen-bond donors (Lipinski definition) is 2. The smallest absolute Gasteiger partial charge is 0.328 e. The monoisotopic (exact) mass is 378 g/mol. The minimum absolute atomic E-state index is 0.0160. The molecule has 6 nitrogen and oxygen atoms in total. The highest BCUT2D eigenvalue weighted by Crippen LogP contribution is 2.27. The maximum absolute atomic E-state index is 13.4. The van der Waals surface area contributed by atoms with E-state index < -0.39 is 29.8 Å². The minimum atomic E-state index is -0.903. The van der Waals surface area contributed by atoms with Gasteiger partial charge < -0.3 is 15.4 Å². The normalized spacial score (nSPS) is 16.9.